The highest BCUT2D eigenvalue weighted by atomic mass is 16.5. The highest BCUT2D eigenvalue weighted by molar-refractivity contribution is 5.10. The van der Waals surface area contributed by atoms with Crippen LogP contribution in [0, 0.1) is 5.92 Å². The average molecular weight is 251 g/mol. The number of hydrogen-bond donors (Lipinski definition) is 2. The van der Waals surface area contributed by atoms with Crippen molar-refractivity contribution in [3.63, 3.8) is 0 Å². The zero-order valence-corrected chi connectivity index (χ0v) is 11.0. The van der Waals surface area contributed by atoms with Crippen molar-refractivity contribution < 1.29 is 4.74 Å². The smallest absolute Gasteiger partial charge is 0.254 e. The minimum Gasteiger partial charge on any atom is -0.477 e. The first kappa shape index (κ1) is 13.1. The Balaban J connectivity index is 1.97. The first-order chi connectivity index (χ1) is 8.65. The van der Waals surface area contributed by atoms with E-state index in [-0.39, 0.29) is 11.5 Å². The number of piperidine rings is 1. The summed E-state index contributed by atoms with van der Waals surface area (Å²) in [5.41, 5.74) is -0.148. The molecule has 0 bridgehead atoms. The molecule has 1 saturated heterocycles. The van der Waals surface area contributed by atoms with Gasteiger partial charge in [0.2, 0.25) is 5.88 Å². The second-order valence-electron chi connectivity index (χ2n) is 5.15. The van der Waals surface area contributed by atoms with Crippen molar-refractivity contribution in [3.05, 3.63) is 22.2 Å². The number of aromatic nitrogens is 2. The van der Waals surface area contributed by atoms with Crippen LogP contribution in [0.15, 0.2) is 10.9 Å². The molecule has 1 aromatic heterocycles. The quantitative estimate of drug-likeness (QED) is 0.845. The first-order valence-electron chi connectivity index (χ1n) is 6.60. The fourth-order valence-corrected chi connectivity index (χ4v) is 2.07. The van der Waals surface area contributed by atoms with Gasteiger partial charge in [-0.15, -0.1) is 0 Å². The molecule has 0 amide bonds. The molecule has 1 aliphatic rings. The molecule has 1 unspecified atom stereocenters. The number of ether oxygens (including phenoxy) is 1. The van der Waals surface area contributed by atoms with Crippen molar-refractivity contribution in [2.24, 2.45) is 5.92 Å². The van der Waals surface area contributed by atoms with Gasteiger partial charge in [-0.2, -0.15) is 4.98 Å². The Labute approximate surface area is 107 Å². The van der Waals surface area contributed by atoms with Crippen LogP contribution in [0.25, 0.3) is 0 Å². The maximum Gasteiger partial charge on any atom is 0.254 e. The second-order valence-corrected chi connectivity index (χ2v) is 5.15. The number of nitrogens with zero attached hydrogens (tertiary/aromatic N) is 1. The fraction of sp³-hybridized carbons (Fsp3) is 0.692. The maximum absolute atomic E-state index is 11.5. The molecule has 0 radical (unpaired) electrons. The number of hydrogen-bond acceptors (Lipinski definition) is 4. The average Bonchev–Trinajstić information content (AvgIpc) is 2.37. The van der Waals surface area contributed by atoms with E-state index >= 15 is 0 Å². The molecule has 5 heteroatoms. The van der Waals surface area contributed by atoms with Gasteiger partial charge in [0.05, 0.1) is 12.7 Å². The molecule has 0 saturated carbocycles. The SMILES string of the molecule is CC(C)c1nc(OCC2CCCNC2)cc(=O)[nH]1. The van der Waals surface area contributed by atoms with Gasteiger partial charge in [-0.3, -0.25) is 4.79 Å². The Morgan fingerprint density at radius 3 is 3.06 bits per heavy atom. The lowest BCUT2D eigenvalue weighted by molar-refractivity contribution is 0.211. The lowest BCUT2D eigenvalue weighted by atomic mass is 10.0. The van der Waals surface area contributed by atoms with Gasteiger partial charge < -0.3 is 15.0 Å². The van der Waals surface area contributed by atoms with E-state index in [0.717, 1.165) is 13.1 Å². The Morgan fingerprint density at radius 2 is 2.39 bits per heavy atom. The van der Waals surface area contributed by atoms with Crippen molar-refractivity contribution in [1.29, 1.82) is 0 Å². The maximum atomic E-state index is 11.5. The van der Waals surface area contributed by atoms with Crippen LogP contribution >= 0.6 is 0 Å². The Hall–Kier alpha value is -1.36. The molecule has 100 valence electrons. The number of H-pyrrole nitrogens is 1. The van der Waals surface area contributed by atoms with Crippen LogP contribution in [0.3, 0.4) is 0 Å². The molecule has 1 atom stereocenters. The molecular weight excluding hydrogens is 230 g/mol. The summed E-state index contributed by atoms with van der Waals surface area (Å²) in [7, 11) is 0. The van der Waals surface area contributed by atoms with E-state index in [9.17, 15) is 4.79 Å². The van der Waals surface area contributed by atoms with Crippen LogP contribution in [-0.4, -0.2) is 29.7 Å². The number of nitrogens with one attached hydrogen (secondary N) is 2. The zero-order valence-electron chi connectivity index (χ0n) is 11.0. The molecule has 1 aromatic rings. The van der Waals surface area contributed by atoms with Gasteiger partial charge in [0.15, 0.2) is 0 Å². The summed E-state index contributed by atoms with van der Waals surface area (Å²) in [4.78, 5) is 18.5. The molecule has 18 heavy (non-hydrogen) atoms. The summed E-state index contributed by atoms with van der Waals surface area (Å²) in [6.45, 7) is 6.69. The summed E-state index contributed by atoms with van der Waals surface area (Å²) in [5.74, 6) is 1.83. The van der Waals surface area contributed by atoms with Gasteiger partial charge >= 0.3 is 0 Å². The van der Waals surface area contributed by atoms with Gasteiger partial charge in [-0.25, -0.2) is 0 Å². The van der Waals surface area contributed by atoms with Crippen molar-refractivity contribution in [3.8, 4) is 5.88 Å². The van der Waals surface area contributed by atoms with Crippen molar-refractivity contribution in [2.75, 3.05) is 19.7 Å². The van der Waals surface area contributed by atoms with E-state index < -0.39 is 0 Å². The first-order valence-corrected chi connectivity index (χ1v) is 6.60. The fourth-order valence-electron chi connectivity index (χ4n) is 2.07. The van der Waals surface area contributed by atoms with E-state index in [1.54, 1.807) is 0 Å². The minimum atomic E-state index is -0.148. The van der Waals surface area contributed by atoms with E-state index in [1.165, 1.54) is 18.9 Å². The Kier molecular flexibility index (Phi) is 4.36. The molecule has 5 nitrogen and oxygen atoms in total. The lowest BCUT2D eigenvalue weighted by Gasteiger charge is -2.22. The monoisotopic (exact) mass is 251 g/mol. The standard InChI is InChI=1S/C13H21N3O2/c1-9(2)13-15-11(17)6-12(16-13)18-8-10-4-3-5-14-7-10/h6,9-10,14H,3-5,7-8H2,1-2H3,(H,15,16,17). The van der Waals surface area contributed by atoms with E-state index in [0.29, 0.717) is 24.2 Å². The molecular formula is C13H21N3O2. The van der Waals surface area contributed by atoms with E-state index in [4.69, 9.17) is 4.74 Å². The molecule has 2 heterocycles. The van der Waals surface area contributed by atoms with Crippen molar-refractivity contribution in [1.82, 2.24) is 15.3 Å². The Bertz CT molecular complexity index is 436. The number of rotatable bonds is 4. The predicted octanol–water partition coefficient (Wildman–Crippen LogP) is 1.27. The minimum absolute atomic E-state index is 0.148. The van der Waals surface area contributed by atoms with Crippen LogP contribution in [0.1, 0.15) is 38.4 Å². The number of aromatic amines is 1. The van der Waals surface area contributed by atoms with Gasteiger partial charge in [-0.05, 0) is 19.4 Å². The molecule has 1 fully saturated rings. The van der Waals surface area contributed by atoms with E-state index in [2.05, 4.69) is 15.3 Å². The van der Waals surface area contributed by atoms with Gasteiger partial charge in [0, 0.05) is 18.4 Å². The van der Waals surface area contributed by atoms with Crippen LogP contribution in [0.5, 0.6) is 5.88 Å². The molecule has 0 aromatic carbocycles. The molecule has 2 rings (SSSR count). The van der Waals surface area contributed by atoms with Crippen molar-refractivity contribution in [2.45, 2.75) is 32.6 Å². The zero-order chi connectivity index (χ0) is 13.0. The molecule has 1 aliphatic heterocycles. The van der Waals surface area contributed by atoms with Crippen LogP contribution < -0.4 is 15.6 Å². The van der Waals surface area contributed by atoms with E-state index in [1.807, 2.05) is 13.8 Å². The molecule has 2 N–H and O–H groups in total. The molecule has 0 spiro atoms. The van der Waals surface area contributed by atoms with Crippen LogP contribution in [0.4, 0.5) is 0 Å². The summed E-state index contributed by atoms with van der Waals surface area (Å²) < 4.78 is 5.65. The predicted molar refractivity (Wildman–Crippen MR) is 70.0 cm³/mol. The second kappa shape index (κ2) is 6.00. The van der Waals surface area contributed by atoms with Crippen LogP contribution in [-0.2, 0) is 0 Å². The lowest BCUT2D eigenvalue weighted by Crippen LogP contribution is -2.33. The third-order valence-electron chi connectivity index (χ3n) is 3.15. The topological polar surface area (TPSA) is 67.0 Å². The van der Waals surface area contributed by atoms with Gasteiger partial charge in [-0.1, -0.05) is 13.8 Å². The third kappa shape index (κ3) is 3.57. The normalized spacial score (nSPS) is 20.1. The highest BCUT2D eigenvalue weighted by Gasteiger charge is 2.14. The summed E-state index contributed by atoms with van der Waals surface area (Å²) in [5, 5.41) is 3.34. The van der Waals surface area contributed by atoms with Crippen LogP contribution in [0.2, 0.25) is 0 Å². The van der Waals surface area contributed by atoms with Gasteiger partial charge in [0.1, 0.15) is 5.82 Å². The molecule has 0 aliphatic carbocycles. The summed E-state index contributed by atoms with van der Waals surface area (Å²) in [6.07, 6.45) is 2.36. The summed E-state index contributed by atoms with van der Waals surface area (Å²) >= 11 is 0. The van der Waals surface area contributed by atoms with Crippen molar-refractivity contribution >= 4 is 0 Å². The highest BCUT2D eigenvalue weighted by Crippen LogP contribution is 2.14. The summed E-state index contributed by atoms with van der Waals surface area (Å²) in [6, 6.07) is 1.42. The largest absolute Gasteiger partial charge is 0.477 e. The van der Waals surface area contributed by atoms with Gasteiger partial charge in [0.25, 0.3) is 5.56 Å². The third-order valence-corrected chi connectivity index (χ3v) is 3.15. The Morgan fingerprint density at radius 1 is 1.56 bits per heavy atom.